The summed E-state index contributed by atoms with van der Waals surface area (Å²) in [5.74, 6) is 0.168. The van der Waals surface area contributed by atoms with Gasteiger partial charge in [-0.2, -0.15) is 0 Å². The summed E-state index contributed by atoms with van der Waals surface area (Å²) in [5.41, 5.74) is 6.61. The van der Waals surface area contributed by atoms with Gasteiger partial charge in [-0.1, -0.05) is 6.92 Å². The zero-order valence-corrected chi connectivity index (χ0v) is 9.16. The van der Waals surface area contributed by atoms with Crippen molar-refractivity contribution in [1.82, 2.24) is 14.9 Å². The molecule has 0 aliphatic heterocycles. The van der Waals surface area contributed by atoms with Gasteiger partial charge in [-0.3, -0.25) is 5.41 Å². The van der Waals surface area contributed by atoms with E-state index in [4.69, 9.17) is 11.1 Å². The van der Waals surface area contributed by atoms with Crippen molar-refractivity contribution in [3.8, 4) is 0 Å². The molecule has 5 nitrogen and oxygen atoms in total. The zero-order chi connectivity index (χ0) is 11.1. The number of H-pyrrole nitrogens is 1. The second-order valence-corrected chi connectivity index (χ2v) is 3.55. The number of nitrogens with zero attached hydrogens (tertiary/aromatic N) is 2. The van der Waals surface area contributed by atoms with Crippen LogP contribution in [0.1, 0.15) is 25.5 Å². The molecule has 0 saturated carbocycles. The smallest absolute Gasteiger partial charge is 0.188 e. The molecule has 0 fully saturated rings. The highest BCUT2D eigenvalue weighted by atomic mass is 15.2. The first-order valence-electron chi connectivity index (χ1n) is 5.30. The summed E-state index contributed by atoms with van der Waals surface area (Å²) in [6.07, 6.45) is 6.47. The summed E-state index contributed by atoms with van der Waals surface area (Å²) in [5, 5.41) is 7.39. The van der Waals surface area contributed by atoms with E-state index in [0.717, 1.165) is 38.0 Å². The topological polar surface area (TPSA) is 81.8 Å². The lowest BCUT2D eigenvalue weighted by molar-refractivity contribution is 0.402. The van der Waals surface area contributed by atoms with Gasteiger partial charge in [0, 0.05) is 25.0 Å². The molecular weight excluding hydrogens is 190 g/mol. The van der Waals surface area contributed by atoms with Crippen molar-refractivity contribution in [3.63, 3.8) is 0 Å². The van der Waals surface area contributed by atoms with Crippen LogP contribution in [0.5, 0.6) is 0 Å². The van der Waals surface area contributed by atoms with Crippen LogP contribution < -0.4 is 5.73 Å². The number of aromatic amines is 1. The first-order valence-corrected chi connectivity index (χ1v) is 5.30. The number of hydrogen-bond acceptors (Lipinski definition) is 2. The quantitative estimate of drug-likeness (QED) is 0.482. The summed E-state index contributed by atoms with van der Waals surface area (Å²) in [4.78, 5) is 8.91. The minimum Gasteiger partial charge on any atom is -0.370 e. The Morgan fingerprint density at radius 2 is 2.40 bits per heavy atom. The van der Waals surface area contributed by atoms with Gasteiger partial charge in [0.05, 0.1) is 6.33 Å². The molecule has 1 rings (SSSR count). The van der Waals surface area contributed by atoms with E-state index >= 15 is 0 Å². The van der Waals surface area contributed by atoms with Gasteiger partial charge in [-0.05, 0) is 19.3 Å². The summed E-state index contributed by atoms with van der Waals surface area (Å²) in [7, 11) is 0. The first kappa shape index (κ1) is 11.6. The molecule has 0 aliphatic carbocycles. The molecule has 0 spiro atoms. The van der Waals surface area contributed by atoms with E-state index in [0.29, 0.717) is 0 Å². The fourth-order valence-electron chi connectivity index (χ4n) is 1.50. The van der Waals surface area contributed by atoms with E-state index in [-0.39, 0.29) is 5.96 Å². The predicted molar refractivity (Wildman–Crippen MR) is 60.7 cm³/mol. The summed E-state index contributed by atoms with van der Waals surface area (Å²) in [6, 6.07) is 0. The van der Waals surface area contributed by atoms with Crippen molar-refractivity contribution in [2.75, 3.05) is 13.1 Å². The van der Waals surface area contributed by atoms with Crippen LogP contribution in [-0.2, 0) is 6.42 Å². The number of aryl methyl sites for hydroxylation is 1. The predicted octanol–water partition coefficient (Wildman–Crippen LogP) is 0.948. The second-order valence-electron chi connectivity index (χ2n) is 3.55. The number of guanidine groups is 1. The largest absolute Gasteiger partial charge is 0.370 e. The van der Waals surface area contributed by atoms with Crippen molar-refractivity contribution in [2.24, 2.45) is 5.73 Å². The molecule has 0 atom stereocenters. The van der Waals surface area contributed by atoms with Crippen molar-refractivity contribution in [2.45, 2.75) is 26.2 Å². The monoisotopic (exact) mass is 209 g/mol. The third kappa shape index (κ3) is 4.01. The molecule has 84 valence electrons. The van der Waals surface area contributed by atoms with Gasteiger partial charge in [0.1, 0.15) is 0 Å². The molecule has 0 aliphatic rings. The third-order valence-corrected chi connectivity index (χ3v) is 2.26. The van der Waals surface area contributed by atoms with Crippen LogP contribution in [0.4, 0.5) is 0 Å². The Balaban J connectivity index is 2.25. The first-order chi connectivity index (χ1) is 7.24. The van der Waals surface area contributed by atoms with Gasteiger partial charge in [0.15, 0.2) is 5.96 Å². The molecule has 15 heavy (non-hydrogen) atoms. The van der Waals surface area contributed by atoms with E-state index in [2.05, 4.69) is 16.9 Å². The average Bonchev–Trinajstić information content (AvgIpc) is 2.69. The van der Waals surface area contributed by atoms with Gasteiger partial charge >= 0.3 is 0 Å². The highest BCUT2D eigenvalue weighted by molar-refractivity contribution is 5.74. The molecule has 0 radical (unpaired) electrons. The standard InChI is InChI=1S/C10H19N5/c1-2-5-15(10(11)12)6-3-4-9-7-13-8-14-9/h7-8H,2-6H2,1H3,(H3,11,12)(H,13,14). The fraction of sp³-hybridized carbons (Fsp3) is 0.600. The Morgan fingerprint density at radius 1 is 1.60 bits per heavy atom. The van der Waals surface area contributed by atoms with Crippen LogP contribution in [0.25, 0.3) is 0 Å². The maximum Gasteiger partial charge on any atom is 0.188 e. The normalized spacial score (nSPS) is 10.2. The molecule has 0 amide bonds. The van der Waals surface area contributed by atoms with E-state index in [9.17, 15) is 0 Å². The molecule has 0 aromatic carbocycles. The van der Waals surface area contributed by atoms with Gasteiger partial charge in [-0.15, -0.1) is 0 Å². The van der Waals surface area contributed by atoms with Crippen LogP contribution in [0.3, 0.4) is 0 Å². The van der Waals surface area contributed by atoms with Crippen molar-refractivity contribution < 1.29 is 0 Å². The van der Waals surface area contributed by atoms with E-state index in [1.807, 2.05) is 11.1 Å². The van der Waals surface area contributed by atoms with E-state index in [1.54, 1.807) is 6.33 Å². The lowest BCUT2D eigenvalue weighted by Crippen LogP contribution is -2.37. The molecule has 1 aromatic heterocycles. The van der Waals surface area contributed by atoms with E-state index in [1.165, 1.54) is 0 Å². The Morgan fingerprint density at radius 3 is 2.93 bits per heavy atom. The molecule has 4 N–H and O–H groups in total. The third-order valence-electron chi connectivity index (χ3n) is 2.26. The van der Waals surface area contributed by atoms with E-state index < -0.39 is 0 Å². The lowest BCUT2D eigenvalue weighted by Gasteiger charge is -2.21. The average molecular weight is 209 g/mol. The Labute approximate surface area is 90.2 Å². The number of nitrogens with two attached hydrogens (primary N) is 1. The van der Waals surface area contributed by atoms with Crippen LogP contribution >= 0.6 is 0 Å². The second kappa shape index (κ2) is 6.06. The Bertz CT molecular complexity index is 280. The zero-order valence-electron chi connectivity index (χ0n) is 9.16. The van der Waals surface area contributed by atoms with Crippen LogP contribution in [-0.4, -0.2) is 33.9 Å². The summed E-state index contributed by atoms with van der Waals surface area (Å²) < 4.78 is 0. The number of aromatic nitrogens is 2. The van der Waals surface area contributed by atoms with Crippen LogP contribution in [0.15, 0.2) is 12.5 Å². The SMILES string of the molecule is CCCN(CCCc1cnc[nH]1)C(=N)N. The minimum atomic E-state index is 0.168. The van der Waals surface area contributed by atoms with Crippen molar-refractivity contribution in [3.05, 3.63) is 18.2 Å². The summed E-state index contributed by atoms with van der Waals surface area (Å²) >= 11 is 0. The number of hydrogen-bond donors (Lipinski definition) is 3. The van der Waals surface area contributed by atoms with Crippen molar-refractivity contribution in [1.29, 1.82) is 5.41 Å². The number of imidazole rings is 1. The molecular formula is C10H19N5. The Hall–Kier alpha value is -1.52. The van der Waals surface area contributed by atoms with Crippen LogP contribution in [0, 0.1) is 5.41 Å². The van der Waals surface area contributed by atoms with Crippen LogP contribution in [0.2, 0.25) is 0 Å². The molecule has 1 heterocycles. The molecule has 1 aromatic rings. The highest BCUT2D eigenvalue weighted by Crippen LogP contribution is 1.99. The minimum absolute atomic E-state index is 0.168. The van der Waals surface area contributed by atoms with Gasteiger partial charge in [0.2, 0.25) is 0 Å². The summed E-state index contributed by atoms with van der Waals surface area (Å²) in [6.45, 7) is 3.78. The maximum absolute atomic E-state index is 7.39. The molecule has 0 saturated heterocycles. The van der Waals surface area contributed by atoms with Gasteiger partial charge < -0.3 is 15.6 Å². The maximum atomic E-state index is 7.39. The van der Waals surface area contributed by atoms with Gasteiger partial charge in [-0.25, -0.2) is 4.98 Å². The lowest BCUT2D eigenvalue weighted by atomic mass is 10.2. The fourth-order valence-corrected chi connectivity index (χ4v) is 1.50. The number of rotatable bonds is 6. The molecule has 0 bridgehead atoms. The Kier molecular flexibility index (Phi) is 4.66. The molecule has 5 heteroatoms. The van der Waals surface area contributed by atoms with Gasteiger partial charge in [0.25, 0.3) is 0 Å². The van der Waals surface area contributed by atoms with Crippen molar-refractivity contribution >= 4 is 5.96 Å². The molecule has 0 unspecified atom stereocenters. The highest BCUT2D eigenvalue weighted by Gasteiger charge is 2.04. The number of nitrogens with one attached hydrogen (secondary N) is 2.